The number of hydrogen-bond acceptors (Lipinski definition) is 5. The van der Waals surface area contributed by atoms with Crippen LogP contribution in [0.4, 0.5) is 4.79 Å². The van der Waals surface area contributed by atoms with Gasteiger partial charge in [0.05, 0.1) is 18.6 Å². The minimum atomic E-state index is -0.291. The molecule has 2 aliphatic rings. The van der Waals surface area contributed by atoms with Gasteiger partial charge in [-0.25, -0.2) is 4.79 Å². The van der Waals surface area contributed by atoms with Crippen molar-refractivity contribution in [3.05, 3.63) is 0 Å². The zero-order valence-corrected chi connectivity index (χ0v) is 14.6. The maximum Gasteiger partial charge on any atom is 0.317 e. The van der Waals surface area contributed by atoms with Gasteiger partial charge >= 0.3 is 12.0 Å². The predicted octanol–water partition coefficient (Wildman–Crippen LogP) is 1.29. The summed E-state index contributed by atoms with van der Waals surface area (Å²) in [5, 5.41) is 11.9. The summed E-state index contributed by atoms with van der Waals surface area (Å²) in [5.41, 5.74) is -0.125. The molecular formula is C17H30N2O5. The maximum atomic E-state index is 12.2. The van der Waals surface area contributed by atoms with Crippen LogP contribution in [0.1, 0.15) is 45.4 Å². The van der Waals surface area contributed by atoms with Gasteiger partial charge in [-0.2, -0.15) is 0 Å². The van der Waals surface area contributed by atoms with E-state index in [9.17, 15) is 9.59 Å². The number of nitrogens with zero attached hydrogens (tertiary/aromatic N) is 1. The summed E-state index contributed by atoms with van der Waals surface area (Å²) in [6, 6.07) is -0.128. The van der Waals surface area contributed by atoms with Crippen LogP contribution < -0.4 is 5.32 Å². The molecule has 0 aromatic heterocycles. The number of piperidine rings is 1. The van der Waals surface area contributed by atoms with E-state index >= 15 is 0 Å². The summed E-state index contributed by atoms with van der Waals surface area (Å²) < 4.78 is 10.9. The van der Waals surface area contributed by atoms with Gasteiger partial charge in [0.2, 0.25) is 0 Å². The second kappa shape index (κ2) is 9.22. The zero-order valence-electron chi connectivity index (χ0n) is 14.6. The molecule has 0 aromatic carbocycles. The van der Waals surface area contributed by atoms with Crippen LogP contribution in [0.2, 0.25) is 0 Å². The van der Waals surface area contributed by atoms with Crippen molar-refractivity contribution in [1.29, 1.82) is 0 Å². The maximum absolute atomic E-state index is 12.2. The molecule has 2 saturated heterocycles. The van der Waals surface area contributed by atoms with Crippen molar-refractivity contribution in [3.8, 4) is 0 Å². The highest BCUT2D eigenvalue weighted by atomic mass is 16.5. The number of carbonyl (C=O) groups excluding carboxylic acids is 2. The number of ether oxygens (including phenoxy) is 2. The number of esters is 1. The molecule has 2 N–H and O–H groups in total. The van der Waals surface area contributed by atoms with E-state index in [2.05, 4.69) is 5.32 Å². The Balaban J connectivity index is 1.71. The van der Waals surface area contributed by atoms with Crippen molar-refractivity contribution < 1.29 is 24.2 Å². The molecule has 0 radical (unpaired) electrons. The first-order valence-electron chi connectivity index (χ1n) is 9.02. The van der Waals surface area contributed by atoms with Gasteiger partial charge in [-0.15, -0.1) is 0 Å². The van der Waals surface area contributed by atoms with Gasteiger partial charge in [0, 0.05) is 32.8 Å². The number of aliphatic hydroxyl groups is 1. The Bertz CT molecular complexity index is 419. The minimum Gasteiger partial charge on any atom is -0.466 e. The van der Waals surface area contributed by atoms with E-state index in [-0.39, 0.29) is 30.6 Å². The minimum absolute atomic E-state index is 0.125. The Morgan fingerprint density at radius 1 is 1.38 bits per heavy atom. The zero-order chi connectivity index (χ0) is 17.4. The van der Waals surface area contributed by atoms with Gasteiger partial charge in [0.1, 0.15) is 0 Å². The van der Waals surface area contributed by atoms with E-state index in [0.29, 0.717) is 32.2 Å². The Kier molecular flexibility index (Phi) is 7.30. The Morgan fingerprint density at radius 2 is 2.12 bits per heavy atom. The lowest BCUT2D eigenvalue weighted by Gasteiger charge is -2.46. The van der Waals surface area contributed by atoms with Crippen molar-refractivity contribution in [2.75, 3.05) is 39.5 Å². The third kappa shape index (κ3) is 5.34. The number of urea groups is 1. The lowest BCUT2D eigenvalue weighted by molar-refractivity contribution is -0.142. The SMILES string of the molecule is CCOC(=O)CCNC(=O)N1CCC2(CC1)CC(CCO)CCO2. The number of amides is 2. The molecule has 0 aromatic rings. The number of carbonyl (C=O) groups is 2. The van der Waals surface area contributed by atoms with Crippen LogP contribution in [0.3, 0.4) is 0 Å². The van der Waals surface area contributed by atoms with E-state index in [1.165, 1.54) is 0 Å². The molecule has 2 heterocycles. The highest BCUT2D eigenvalue weighted by Gasteiger charge is 2.40. The number of likely N-dealkylation sites (tertiary alicyclic amines) is 1. The normalized spacial score (nSPS) is 23.1. The van der Waals surface area contributed by atoms with Crippen molar-refractivity contribution in [3.63, 3.8) is 0 Å². The molecule has 0 aliphatic carbocycles. The molecule has 2 fully saturated rings. The molecule has 2 rings (SSSR count). The molecule has 138 valence electrons. The largest absolute Gasteiger partial charge is 0.466 e. The monoisotopic (exact) mass is 342 g/mol. The van der Waals surface area contributed by atoms with E-state index in [0.717, 1.165) is 38.7 Å². The van der Waals surface area contributed by atoms with Crippen LogP contribution in [0.25, 0.3) is 0 Å². The van der Waals surface area contributed by atoms with Gasteiger partial charge in [-0.3, -0.25) is 4.79 Å². The first kappa shape index (κ1) is 19.0. The molecule has 24 heavy (non-hydrogen) atoms. The topological polar surface area (TPSA) is 88.1 Å². The molecule has 2 amide bonds. The van der Waals surface area contributed by atoms with E-state index in [1.807, 2.05) is 0 Å². The van der Waals surface area contributed by atoms with Gasteiger partial charge in [-0.1, -0.05) is 0 Å². The number of nitrogens with one attached hydrogen (secondary N) is 1. The molecule has 1 unspecified atom stereocenters. The van der Waals surface area contributed by atoms with Crippen molar-refractivity contribution in [2.45, 2.75) is 51.0 Å². The smallest absolute Gasteiger partial charge is 0.317 e. The highest BCUT2D eigenvalue weighted by Crippen LogP contribution is 2.38. The van der Waals surface area contributed by atoms with Gasteiger partial charge < -0.3 is 24.8 Å². The molecule has 0 bridgehead atoms. The summed E-state index contributed by atoms with van der Waals surface area (Å²) >= 11 is 0. The number of hydrogen-bond donors (Lipinski definition) is 2. The molecular weight excluding hydrogens is 312 g/mol. The van der Waals surface area contributed by atoms with Crippen LogP contribution in [0.15, 0.2) is 0 Å². The summed E-state index contributed by atoms with van der Waals surface area (Å²) in [6.07, 6.45) is 4.69. The van der Waals surface area contributed by atoms with Crippen molar-refractivity contribution in [1.82, 2.24) is 10.2 Å². The second-order valence-electron chi connectivity index (χ2n) is 6.68. The fourth-order valence-electron chi connectivity index (χ4n) is 3.64. The van der Waals surface area contributed by atoms with E-state index in [4.69, 9.17) is 14.6 Å². The van der Waals surface area contributed by atoms with Crippen molar-refractivity contribution >= 4 is 12.0 Å². The summed E-state index contributed by atoms with van der Waals surface area (Å²) in [6.45, 7) is 4.73. The Hall–Kier alpha value is -1.34. The second-order valence-corrected chi connectivity index (χ2v) is 6.68. The Labute approximate surface area is 143 Å². The summed E-state index contributed by atoms with van der Waals surface area (Å²) in [7, 11) is 0. The quantitative estimate of drug-likeness (QED) is 0.710. The number of aliphatic hydroxyl groups excluding tert-OH is 1. The molecule has 2 aliphatic heterocycles. The van der Waals surface area contributed by atoms with Gasteiger partial charge in [0.15, 0.2) is 0 Å². The Morgan fingerprint density at radius 3 is 2.79 bits per heavy atom. The molecule has 7 nitrogen and oxygen atoms in total. The molecule has 0 saturated carbocycles. The lowest BCUT2D eigenvalue weighted by atomic mass is 9.78. The van der Waals surface area contributed by atoms with Crippen molar-refractivity contribution in [2.24, 2.45) is 5.92 Å². The predicted molar refractivity (Wildman–Crippen MR) is 88.6 cm³/mol. The highest BCUT2D eigenvalue weighted by molar-refractivity contribution is 5.75. The van der Waals surface area contributed by atoms with Gasteiger partial charge in [-0.05, 0) is 44.9 Å². The number of rotatable bonds is 6. The van der Waals surface area contributed by atoms with Crippen LogP contribution in [-0.2, 0) is 14.3 Å². The van der Waals surface area contributed by atoms with Crippen LogP contribution in [-0.4, -0.2) is 67.1 Å². The lowest BCUT2D eigenvalue weighted by Crippen LogP contribution is -2.53. The van der Waals surface area contributed by atoms with Crippen LogP contribution in [0.5, 0.6) is 0 Å². The summed E-state index contributed by atoms with van der Waals surface area (Å²) in [5.74, 6) is 0.231. The van der Waals surface area contributed by atoms with E-state index in [1.54, 1.807) is 11.8 Å². The van der Waals surface area contributed by atoms with Crippen LogP contribution >= 0.6 is 0 Å². The third-order valence-electron chi connectivity index (χ3n) is 5.00. The average Bonchev–Trinajstić information content (AvgIpc) is 2.56. The van der Waals surface area contributed by atoms with Gasteiger partial charge in [0.25, 0.3) is 0 Å². The fourth-order valence-corrected chi connectivity index (χ4v) is 3.64. The molecule has 1 atom stereocenters. The average molecular weight is 342 g/mol. The fraction of sp³-hybridized carbons (Fsp3) is 0.882. The summed E-state index contributed by atoms with van der Waals surface area (Å²) in [4.78, 5) is 25.2. The first-order chi connectivity index (χ1) is 11.6. The van der Waals surface area contributed by atoms with Crippen LogP contribution in [0, 0.1) is 5.92 Å². The molecule has 7 heteroatoms. The molecule has 1 spiro atoms. The van der Waals surface area contributed by atoms with E-state index < -0.39 is 0 Å². The standard InChI is InChI=1S/C17H30N2O5/c1-2-23-15(21)3-8-18-16(22)19-9-6-17(7-10-19)13-14(4-11-20)5-12-24-17/h14,20H,2-13H2,1H3,(H,18,22). The third-order valence-corrected chi connectivity index (χ3v) is 5.00. The first-order valence-corrected chi connectivity index (χ1v) is 9.02.